The number of hydrogen-bond donors (Lipinski definition) is 1. The molecule has 140 valence electrons. The van der Waals surface area contributed by atoms with E-state index in [-0.39, 0.29) is 6.61 Å². The van der Waals surface area contributed by atoms with Crippen molar-refractivity contribution in [3.8, 4) is 0 Å². The predicted octanol–water partition coefficient (Wildman–Crippen LogP) is 1.09. The Bertz CT molecular complexity index is 648. The first kappa shape index (κ1) is 20.3. The summed E-state index contributed by atoms with van der Waals surface area (Å²) in [7, 11) is -0.809. The van der Waals surface area contributed by atoms with E-state index in [0.717, 1.165) is 10.4 Å². The lowest BCUT2D eigenvalue weighted by Crippen LogP contribution is -2.59. The summed E-state index contributed by atoms with van der Waals surface area (Å²) in [6.45, 7) is 5.45. The maximum absolute atomic E-state index is 12.2. The fourth-order valence-electron chi connectivity index (χ4n) is 2.76. The SMILES string of the molecule is COC(=O)[C@H](CO)N(O[SiH](c1ccccc1)c1ccccc1)C(C)(C)C. The second-order valence-electron chi connectivity index (χ2n) is 7.02. The molecule has 0 unspecified atom stereocenters. The van der Waals surface area contributed by atoms with Crippen molar-refractivity contribution in [2.45, 2.75) is 32.4 Å². The summed E-state index contributed by atoms with van der Waals surface area (Å²) < 4.78 is 11.3. The van der Waals surface area contributed by atoms with Crippen LogP contribution in [0, 0.1) is 0 Å². The molecule has 2 rings (SSSR count). The minimum atomic E-state index is -2.12. The van der Waals surface area contributed by atoms with Crippen molar-refractivity contribution in [2.24, 2.45) is 0 Å². The highest BCUT2D eigenvalue weighted by Gasteiger charge is 2.38. The monoisotopic (exact) mass is 373 g/mol. The number of rotatable bonds is 7. The van der Waals surface area contributed by atoms with Gasteiger partial charge in [0.2, 0.25) is 0 Å². The molecule has 0 saturated heterocycles. The summed E-state index contributed by atoms with van der Waals surface area (Å²) in [5, 5.41) is 13.6. The zero-order valence-electron chi connectivity index (χ0n) is 15.8. The number of hydrogen-bond acceptors (Lipinski definition) is 5. The summed E-state index contributed by atoms with van der Waals surface area (Å²) in [5.41, 5.74) is -0.504. The number of aliphatic hydroxyl groups excluding tert-OH is 1. The van der Waals surface area contributed by atoms with Crippen molar-refractivity contribution in [3.05, 3.63) is 60.7 Å². The van der Waals surface area contributed by atoms with Crippen LogP contribution < -0.4 is 10.4 Å². The average molecular weight is 374 g/mol. The third kappa shape index (κ3) is 5.01. The molecular formula is C20H27NO4Si. The molecule has 0 fully saturated rings. The van der Waals surface area contributed by atoms with E-state index in [1.54, 1.807) is 5.06 Å². The Hall–Kier alpha value is -1.99. The maximum atomic E-state index is 12.2. The van der Waals surface area contributed by atoms with E-state index in [1.807, 2.05) is 81.4 Å². The molecule has 0 radical (unpaired) electrons. The molecule has 0 bridgehead atoms. The number of methoxy groups -OCH3 is 1. The molecule has 2 aromatic carbocycles. The van der Waals surface area contributed by atoms with Crippen molar-refractivity contribution in [1.82, 2.24) is 5.06 Å². The highest BCUT2D eigenvalue weighted by Crippen LogP contribution is 2.19. The molecule has 5 nitrogen and oxygen atoms in total. The minimum Gasteiger partial charge on any atom is -0.468 e. The van der Waals surface area contributed by atoms with Gasteiger partial charge in [-0.05, 0) is 31.1 Å². The fraction of sp³-hybridized carbons (Fsp3) is 0.350. The van der Waals surface area contributed by atoms with Crippen LogP contribution in [0.5, 0.6) is 0 Å². The number of benzene rings is 2. The highest BCUT2D eigenvalue weighted by atomic mass is 28.3. The van der Waals surface area contributed by atoms with Crippen LogP contribution in [-0.2, 0) is 14.1 Å². The molecule has 0 aliphatic carbocycles. The van der Waals surface area contributed by atoms with E-state index >= 15 is 0 Å². The zero-order valence-corrected chi connectivity index (χ0v) is 16.9. The number of ether oxygens (including phenoxy) is 1. The number of carbonyl (C=O) groups is 1. The molecule has 0 aromatic heterocycles. The molecule has 26 heavy (non-hydrogen) atoms. The van der Waals surface area contributed by atoms with Crippen molar-refractivity contribution in [2.75, 3.05) is 13.7 Å². The van der Waals surface area contributed by atoms with E-state index in [1.165, 1.54) is 7.11 Å². The Kier molecular flexibility index (Phi) is 7.11. The van der Waals surface area contributed by atoms with E-state index in [0.29, 0.717) is 0 Å². The van der Waals surface area contributed by atoms with Crippen LogP contribution in [0.2, 0.25) is 0 Å². The summed E-state index contributed by atoms with van der Waals surface area (Å²) in [6.07, 6.45) is 0. The van der Waals surface area contributed by atoms with E-state index in [9.17, 15) is 9.90 Å². The maximum Gasteiger partial charge on any atom is 0.327 e. The summed E-state index contributed by atoms with van der Waals surface area (Å²) in [4.78, 5) is 12.2. The van der Waals surface area contributed by atoms with Gasteiger partial charge in [0.15, 0.2) is 6.04 Å². The largest absolute Gasteiger partial charge is 0.468 e. The van der Waals surface area contributed by atoms with E-state index in [4.69, 9.17) is 9.26 Å². The van der Waals surface area contributed by atoms with Gasteiger partial charge in [0.25, 0.3) is 9.04 Å². The molecule has 1 atom stereocenters. The summed E-state index contributed by atoms with van der Waals surface area (Å²) >= 11 is 0. The van der Waals surface area contributed by atoms with Crippen molar-refractivity contribution in [1.29, 1.82) is 0 Å². The van der Waals surface area contributed by atoms with Crippen LogP contribution >= 0.6 is 0 Å². The molecule has 1 N–H and O–H groups in total. The van der Waals surface area contributed by atoms with Gasteiger partial charge in [-0.3, -0.25) is 4.79 Å². The third-order valence-corrected chi connectivity index (χ3v) is 6.43. The Morgan fingerprint density at radius 2 is 1.50 bits per heavy atom. The lowest BCUT2D eigenvalue weighted by atomic mass is 10.1. The molecular weight excluding hydrogens is 346 g/mol. The molecule has 6 heteroatoms. The van der Waals surface area contributed by atoms with E-state index in [2.05, 4.69) is 0 Å². The first-order valence-corrected chi connectivity index (χ1v) is 10.3. The fourth-order valence-corrected chi connectivity index (χ4v) is 5.23. The van der Waals surface area contributed by atoms with Crippen molar-refractivity contribution < 1.29 is 19.2 Å². The smallest absolute Gasteiger partial charge is 0.327 e. The van der Waals surface area contributed by atoms with Crippen LogP contribution in [0.25, 0.3) is 0 Å². The van der Waals surface area contributed by atoms with Crippen LogP contribution in [0.1, 0.15) is 20.8 Å². The number of esters is 1. The second-order valence-corrected chi connectivity index (χ2v) is 9.33. The van der Waals surface area contributed by atoms with Gasteiger partial charge in [0.05, 0.1) is 13.7 Å². The zero-order chi connectivity index (χ0) is 19.2. The van der Waals surface area contributed by atoms with Gasteiger partial charge >= 0.3 is 5.97 Å². The number of carbonyl (C=O) groups excluding carboxylic acids is 1. The third-order valence-electron chi connectivity index (χ3n) is 4.01. The Morgan fingerprint density at radius 1 is 1.04 bits per heavy atom. The molecule has 2 aromatic rings. The van der Waals surface area contributed by atoms with E-state index < -0.39 is 26.6 Å². The molecule has 0 aliphatic heterocycles. The minimum absolute atomic E-state index is 0.380. The summed E-state index contributed by atoms with van der Waals surface area (Å²) in [5.74, 6) is -0.517. The Morgan fingerprint density at radius 3 is 1.85 bits per heavy atom. The van der Waals surface area contributed by atoms with Gasteiger partial charge in [0, 0.05) is 5.54 Å². The van der Waals surface area contributed by atoms with Crippen LogP contribution in [0.4, 0.5) is 0 Å². The average Bonchev–Trinajstić information content (AvgIpc) is 2.65. The first-order chi connectivity index (χ1) is 12.4. The second kappa shape index (κ2) is 9.09. The molecule has 0 saturated carbocycles. The van der Waals surface area contributed by atoms with Gasteiger partial charge in [-0.25, -0.2) is 0 Å². The lowest BCUT2D eigenvalue weighted by Gasteiger charge is -2.40. The van der Waals surface area contributed by atoms with Crippen LogP contribution in [-0.4, -0.2) is 50.5 Å². The predicted molar refractivity (Wildman–Crippen MR) is 105 cm³/mol. The van der Waals surface area contributed by atoms with Gasteiger partial charge in [-0.2, -0.15) is 5.06 Å². The molecule has 0 amide bonds. The van der Waals surface area contributed by atoms with Crippen molar-refractivity contribution in [3.63, 3.8) is 0 Å². The Balaban J connectivity index is 2.44. The van der Waals surface area contributed by atoms with Crippen LogP contribution in [0.3, 0.4) is 0 Å². The quantitative estimate of drug-likeness (QED) is 0.447. The lowest BCUT2D eigenvalue weighted by molar-refractivity contribution is -0.192. The molecule has 0 aliphatic rings. The molecule has 0 heterocycles. The molecule has 0 spiro atoms. The number of nitrogens with zero attached hydrogens (tertiary/aromatic N) is 1. The summed E-state index contributed by atoms with van der Waals surface area (Å²) in [6, 6.07) is 19.1. The van der Waals surface area contributed by atoms with Gasteiger partial charge in [-0.1, -0.05) is 60.7 Å². The van der Waals surface area contributed by atoms with Crippen molar-refractivity contribution >= 4 is 25.4 Å². The number of hydroxylamine groups is 2. The normalized spacial score (nSPS) is 13.0. The Labute approximate surface area is 156 Å². The number of aliphatic hydroxyl groups is 1. The standard InChI is InChI=1S/C20H27NO4Si/c1-20(2,3)21(18(15-22)19(23)24-4)25-26(16-11-7-5-8-12-16)17-13-9-6-10-14-17/h5-14,18,22,26H,15H2,1-4H3/t18-/m0/s1. The van der Waals surface area contributed by atoms with Gasteiger partial charge < -0.3 is 14.4 Å². The van der Waals surface area contributed by atoms with Crippen LogP contribution in [0.15, 0.2) is 60.7 Å². The highest BCUT2D eigenvalue weighted by molar-refractivity contribution is 6.79. The van der Waals surface area contributed by atoms with Gasteiger partial charge in [-0.15, -0.1) is 0 Å². The topological polar surface area (TPSA) is 59.0 Å². The first-order valence-electron chi connectivity index (χ1n) is 8.63. The van der Waals surface area contributed by atoms with Gasteiger partial charge in [0.1, 0.15) is 0 Å².